The second kappa shape index (κ2) is 6.02. The summed E-state index contributed by atoms with van der Waals surface area (Å²) in [5.41, 5.74) is 0. The van der Waals surface area contributed by atoms with Gasteiger partial charge in [-0.1, -0.05) is 26.2 Å². The fourth-order valence-corrected chi connectivity index (χ4v) is 3.41. The molecule has 0 bridgehead atoms. The van der Waals surface area contributed by atoms with Crippen molar-refractivity contribution in [2.75, 3.05) is 7.11 Å². The Morgan fingerprint density at radius 1 is 1.00 bits per heavy atom. The summed E-state index contributed by atoms with van der Waals surface area (Å²) in [6.45, 7) is 2.38. The van der Waals surface area contributed by atoms with E-state index in [2.05, 4.69) is 12.2 Å². The molecule has 0 spiro atoms. The lowest BCUT2D eigenvalue weighted by atomic mass is 10.0. The van der Waals surface area contributed by atoms with Crippen molar-refractivity contribution in [2.24, 2.45) is 5.92 Å². The van der Waals surface area contributed by atoms with Crippen molar-refractivity contribution in [1.82, 2.24) is 5.32 Å². The van der Waals surface area contributed by atoms with Crippen molar-refractivity contribution in [3.63, 3.8) is 0 Å². The van der Waals surface area contributed by atoms with Crippen molar-refractivity contribution in [1.29, 1.82) is 0 Å². The van der Waals surface area contributed by atoms with Gasteiger partial charge in [-0.3, -0.25) is 0 Å². The van der Waals surface area contributed by atoms with Crippen LogP contribution in [0.5, 0.6) is 0 Å². The second-order valence-electron chi connectivity index (χ2n) is 5.80. The summed E-state index contributed by atoms with van der Waals surface area (Å²) in [7, 11) is 1.88. The topological polar surface area (TPSA) is 21.3 Å². The maximum atomic E-state index is 5.66. The van der Waals surface area contributed by atoms with Gasteiger partial charge in [0.05, 0.1) is 6.10 Å². The molecule has 0 radical (unpaired) electrons. The van der Waals surface area contributed by atoms with Gasteiger partial charge in [0.1, 0.15) is 0 Å². The third-order valence-corrected chi connectivity index (χ3v) is 4.40. The van der Waals surface area contributed by atoms with Crippen LogP contribution in [0, 0.1) is 5.92 Å². The first kappa shape index (κ1) is 12.4. The van der Waals surface area contributed by atoms with E-state index in [1.807, 2.05) is 7.11 Å². The van der Waals surface area contributed by atoms with Gasteiger partial charge in [-0.05, 0) is 38.0 Å². The smallest absolute Gasteiger partial charge is 0.0724 e. The number of rotatable bonds is 3. The number of hydrogen-bond acceptors (Lipinski definition) is 2. The van der Waals surface area contributed by atoms with E-state index in [4.69, 9.17) is 4.74 Å². The van der Waals surface area contributed by atoms with E-state index < -0.39 is 0 Å². The lowest BCUT2D eigenvalue weighted by molar-refractivity contribution is 0.0591. The normalized spacial score (nSPS) is 40.9. The van der Waals surface area contributed by atoms with Crippen molar-refractivity contribution >= 4 is 0 Å². The number of hydrogen-bond donors (Lipinski definition) is 1. The average Bonchev–Trinajstić information content (AvgIpc) is 2.56. The molecule has 2 fully saturated rings. The van der Waals surface area contributed by atoms with Gasteiger partial charge in [0.25, 0.3) is 0 Å². The third kappa shape index (κ3) is 3.21. The van der Waals surface area contributed by atoms with E-state index in [-0.39, 0.29) is 0 Å². The van der Waals surface area contributed by atoms with Gasteiger partial charge >= 0.3 is 0 Å². The molecular weight excluding hydrogens is 198 g/mol. The van der Waals surface area contributed by atoms with E-state index in [9.17, 15) is 0 Å². The molecule has 0 aromatic rings. The zero-order valence-corrected chi connectivity index (χ0v) is 10.9. The van der Waals surface area contributed by atoms with Crippen molar-refractivity contribution < 1.29 is 4.74 Å². The molecule has 16 heavy (non-hydrogen) atoms. The molecule has 2 aliphatic rings. The minimum Gasteiger partial charge on any atom is -0.380 e. The van der Waals surface area contributed by atoms with Crippen LogP contribution in [0.4, 0.5) is 0 Å². The first-order valence-corrected chi connectivity index (χ1v) is 7.08. The summed E-state index contributed by atoms with van der Waals surface area (Å²) in [6.07, 6.45) is 11.3. The molecule has 4 atom stereocenters. The highest BCUT2D eigenvalue weighted by Crippen LogP contribution is 2.27. The maximum absolute atomic E-state index is 5.66. The number of ether oxygens (including phenoxy) is 1. The van der Waals surface area contributed by atoms with Crippen LogP contribution in [0.2, 0.25) is 0 Å². The Balaban J connectivity index is 1.85. The highest BCUT2D eigenvalue weighted by atomic mass is 16.5. The Kier molecular flexibility index (Phi) is 4.66. The van der Waals surface area contributed by atoms with E-state index in [1.165, 1.54) is 51.4 Å². The molecule has 2 nitrogen and oxygen atoms in total. The Morgan fingerprint density at radius 3 is 2.50 bits per heavy atom. The standard InChI is InChI=1S/C14H27NO/c1-11-8-9-12(10-11)15-13-6-4-3-5-7-14(13)16-2/h11-15H,3-10H2,1-2H3. The van der Waals surface area contributed by atoms with Gasteiger partial charge in [0, 0.05) is 19.2 Å². The quantitative estimate of drug-likeness (QED) is 0.745. The predicted molar refractivity (Wildman–Crippen MR) is 67.6 cm³/mol. The fourth-order valence-electron chi connectivity index (χ4n) is 3.41. The zero-order valence-electron chi connectivity index (χ0n) is 10.9. The SMILES string of the molecule is COC1CCCCCC1NC1CCC(C)C1. The largest absolute Gasteiger partial charge is 0.380 e. The summed E-state index contributed by atoms with van der Waals surface area (Å²) in [4.78, 5) is 0. The van der Waals surface area contributed by atoms with Crippen LogP contribution in [-0.2, 0) is 4.74 Å². The van der Waals surface area contributed by atoms with Crippen molar-refractivity contribution in [3.05, 3.63) is 0 Å². The van der Waals surface area contributed by atoms with Gasteiger partial charge in [-0.2, -0.15) is 0 Å². The van der Waals surface area contributed by atoms with Crippen LogP contribution in [0.3, 0.4) is 0 Å². The van der Waals surface area contributed by atoms with Crippen molar-refractivity contribution in [2.45, 2.75) is 76.5 Å². The molecule has 2 saturated carbocycles. The molecule has 0 aliphatic heterocycles. The van der Waals surface area contributed by atoms with E-state index >= 15 is 0 Å². The molecule has 0 amide bonds. The van der Waals surface area contributed by atoms with Crippen LogP contribution in [-0.4, -0.2) is 25.3 Å². The Labute approximate surface area is 100 Å². The summed E-state index contributed by atoms with van der Waals surface area (Å²) in [6, 6.07) is 1.37. The summed E-state index contributed by atoms with van der Waals surface area (Å²) < 4.78 is 5.66. The zero-order chi connectivity index (χ0) is 11.4. The number of nitrogens with one attached hydrogen (secondary N) is 1. The first-order valence-electron chi connectivity index (χ1n) is 7.08. The highest BCUT2D eigenvalue weighted by molar-refractivity contribution is 4.86. The molecule has 2 rings (SSSR count). The predicted octanol–water partition coefficient (Wildman–Crippen LogP) is 3.11. The van der Waals surface area contributed by atoms with Crippen LogP contribution in [0.15, 0.2) is 0 Å². The molecule has 2 heteroatoms. The molecule has 0 saturated heterocycles. The van der Waals surface area contributed by atoms with Crippen LogP contribution in [0.1, 0.15) is 58.3 Å². The molecule has 4 unspecified atom stereocenters. The molecule has 94 valence electrons. The van der Waals surface area contributed by atoms with Gasteiger partial charge in [-0.25, -0.2) is 0 Å². The van der Waals surface area contributed by atoms with Crippen molar-refractivity contribution in [3.8, 4) is 0 Å². The highest BCUT2D eigenvalue weighted by Gasteiger charge is 2.28. The summed E-state index contributed by atoms with van der Waals surface area (Å²) >= 11 is 0. The molecule has 0 aromatic carbocycles. The summed E-state index contributed by atoms with van der Waals surface area (Å²) in [5.74, 6) is 0.921. The Bertz CT molecular complexity index is 207. The fraction of sp³-hybridized carbons (Fsp3) is 1.00. The second-order valence-corrected chi connectivity index (χ2v) is 5.80. The van der Waals surface area contributed by atoms with Gasteiger partial charge in [0.2, 0.25) is 0 Å². The lowest BCUT2D eigenvalue weighted by Crippen LogP contribution is -2.44. The maximum Gasteiger partial charge on any atom is 0.0724 e. The van der Waals surface area contributed by atoms with Gasteiger partial charge < -0.3 is 10.1 Å². The Morgan fingerprint density at radius 2 is 1.81 bits per heavy atom. The molecular formula is C14H27NO. The Hall–Kier alpha value is -0.0800. The van der Waals surface area contributed by atoms with Crippen LogP contribution < -0.4 is 5.32 Å². The average molecular weight is 225 g/mol. The van der Waals surface area contributed by atoms with E-state index in [0.29, 0.717) is 12.1 Å². The minimum atomic E-state index is 0.457. The molecule has 1 N–H and O–H groups in total. The first-order chi connectivity index (χ1) is 7.79. The molecule has 0 heterocycles. The summed E-state index contributed by atoms with van der Waals surface area (Å²) in [5, 5.41) is 3.86. The minimum absolute atomic E-state index is 0.457. The van der Waals surface area contributed by atoms with Gasteiger partial charge in [0.15, 0.2) is 0 Å². The molecule has 2 aliphatic carbocycles. The lowest BCUT2D eigenvalue weighted by Gasteiger charge is -2.28. The van der Waals surface area contributed by atoms with E-state index in [0.717, 1.165) is 12.0 Å². The van der Waals surface area contributed by atoms with Crippen LogP contribution >= 0.6 is 0 Å². The number of methoxy groups -OCH3 is 1. The third-order valence-electron chi connectivity index (χ3n) is 4.40. The van der Waals surface area contributed by atoms with Gasteiger partial charge in [-0.15, -0.1) is 0 Å². The van der Waals surface area contributed by atoms with E-state index in [1.54, 1.807) is 0 Å². The monoisotopic (exact) mass is 225 g/mol. The van der Waals surface area contributed by atoms with Crippen LogP contribution in [0.25, 0.3) is 0 Å². The molecule has 0 aromatic heterocycles.